The van der Waals surface area contributed by atoms with Gasteiger partial charge < -0.3 is 9.72 Å². The van der Waals surface area contributed by atoms with Gasteiger partial charge in [-0.3, -0.25) is 4.79 Å². The second-order valence-corrected chi connectivity index (χ2v) is 10.0. The van der Waals surface area contributed by atoms with Crippen molar-refractivity contribution < 1.29 is 14.3 Å². The molecule has 6 nitrogen and oxygen atoms in total. The molecular weight excluding hydrogens is 557 g/mol. The molecule has 0 aliphatic heterocycles. The van der Waals surface area contributed by atoms with E-state index in [2.05, 4.69) is 15.5 Å². The van der Waals surface area contributed by atoms with Gasteiger partial charge in [0.2, 0.25) is 0 Å². The van der Waals surface area contributed by atoms with Crippen LogP contribution in [0.15, 0.2) is 114 Å². The van der Waals surface area contributed by atoms with Crippen molar-refractivity contribution in [2.75, 3.05) is 0 Å². The van der Waals surface area contributed by atoms with E-state index in [0.717, 1.165) is 32.8 Å². The van der Waals surface area contributed by atoms with E-state index < -0.39 is 11.9 Å². The topological polar surface area (TPSA) is 83.5 Å². The number of hydrogen-bond acceptors (Lipinski definition) is 4. The van der Waals surface area contributed by atoms with Gasteiger partial charge in [-0.2, -0.15) is 5.10 Å². The van der Waals surface area contributed by atoms with Gasteiger partial charge in [-0.25, -0.2) is 10.2 Å². The van der Waals surface area contributed by atoms with E-state index in [1.54, 1.807) is 30.3 Å². The van der Waals surface area contributed by atoms with Crippen LogP contribution in [0.4, 0.5) is 0 Å². The molecule has 2 N–H and O–H groups in total. The highest BCUT2D eigenvalue weighted by atomic mass is 35.5. The fourth-order valence-electron chi connectivity index (χ4n) is 4.72. The Bertz CT molecular complexity index is 1970. The van der Waals surface area contributed by atoms with Crippen molar-refractivity contribution in [1.82, 2.24) is 10.4 Å². The van der Waals surface area contributed by atoms with E-state index in [1.165, 1.54) is 18.3 Å². The Morgan fingerprint density at radius 3 is 2.39 bits per heavy atom. The van der Waals surface area contributed by atoms with Crippen LogP contribution in [0.25, 0.3) is 32.8 Å². The average Bonchev–Trinajstić information content (AvgIpc) is 3.39. The largest absolute Gasteiger partial charge is 0.422 e. The van der Waals surface area contributed by atoms with E-state index in [0.29, 0.717) is 16.3 Å². The number of carbonyl (C=O) groups is 2. The molecule has 8 heteroatoms. The Balaban J connectivity index is 1.30. The minimum atomic E-state index is -0.644. The van der Waals surface area contributed by atoms with Crippen LogP contribution in [0.5, 0.6) is 5.75 Å². The third-order valence-corrected chi connectivity index (χ3v) is 7.18. The van der Waals surface area contributed by atoms with Gasteiger partial charge in [-0.05, 0) is 41.3 Å². The maximum absolute atomic E-state index is 13.5. The number of nitrogens with zero attached hydrogens (tertiary/aromatic N) is 1. The molecule has 200 valence electrons. The van der Waals surface area contributed by atoms with Crippen molar-refractivity contribution in [3.8, 4) is 16.9 Å². The average molecular weight is 578 g/mol. The third-order valence-electron chi connectivity index (χ3n) is 6.63. The first-order chi connectivity index (χ1) is 20.0. The molecule has 6 rings (SSSR count). The van der Waals surface area contributed by atoms with E-state index in [-0.39, 0.29) is 16.3 Å². The van der Waals surface area contributed by atoms with Crippen molar-refractivity contribution in [3.05, 3.63) is 136 Å². The molecule has 0 fully saturated rings. The van der Waals surface area contributed by atoms with Gasteiger partial charge in [0.1, 0.15) is 11.4 Å². The lowest BCUT2D eigenvalue weighted by molar-refractivity contribution is 0.0734. The molecule has 0 spiro atoms. The number of aromatic nitrogens is 1. The van der Waals surface area contributed by atoms with E-state index in [4.69, 9.17) is 27.9 Å². The maximum atomic E-state index is 13.5. The highest BCUT2D eigenvalue weighted by Crippen LogP contribution is 2.36. The zero-order valence-electron chi connectivity index (χ0n) is 21.4. The number of nitrogens with one attached hydrogen (secondary N) is 2. The normalized spacial score (nSPS) is 11.3. The van der Waals surface area contributed by atoms with Crippen molar-refractivity contribution in [3.63, 3.8) is 0 Å². The molecule has 6 aromatic rings. The summed E-state index contributed by atoms with van der Waals surface area (Å²) in [6, 6.07) is 33.2. The number of fused-ring (bicyclic) bond motifs is 3. The molecule has 0 aliphatic carbocycles. The van der Waals surface area contributed by atoms with Crippen molar-refractivity contribution in [1.29, 1.82) is 0 Å². The number of para-hydroxylation sites is 1. The summed E-state index contributed by atoms with van der Waals surface area (Å²) in [7, 11) is 0. The summed E-state index contributed by atoms with van der Waals surface area (Å²) in [5, 5.41) is 7.78. The number of hydrazone groups is 1. The zero-order chi connectivity index (χ0) is 28.3. The number of esters is 1. The lowest BCUT2D eigenvalue weighted by atomic mass is 9.99. The third kappa shape index (κ3) is 5.31. The maximum Gasteiger partial charge on any atom is 0.345 e. The Morgan fingerprint density at radius 1 is 0.805 bits per heavy atom. The zero-order valence-corrected chi connectivity index (χ0v) is 22.9. The molecular formula is C33H21Cl2N3O3. The van der Waals surface area contributed by atoms with Crippen molar-refractivity contribution in [2.45, 2.75) is 0 Å². The number of ether oxygens (including phenoxy) is 1. The molecule has 1 heterocycles. The van der Waals surface area contributed by atoms with Crippen LogP contribution in [-0.4, -0.2) is 23.1 Å². The Morgan fingerprint density at radius 2 is 1.56 bits per heavy atom. The summed E-state index contributed by atoms with van der Waals surface area (Å²) in [6.07, 6.45) is 1.42. The molecule has 0 radical (unpaired) electrons. The molecule has 5 aromatic carbocycles. The summed E-state index contributed by atoms with van der Waals surface area (Å²) < 4.78 is 5.58. The fourth-order valence-corrected chi connectivity index (χ4v) is 5.20. The first-order valence-electron chi connectivity index (χ1n) is 12.7. The molecule has 1 aromatic heterocycles. The van der Waals surface area contributed by atoms with Gasteiger partial charge in [-0.1, -0.05) is 102 Å². The van der Waals surface area contributed by atoms with Gasteiger partial charge in [0.25, 0.3) is 5.91 Å². The molecule has 0 saturated heterocycles. The smallest absolute Gasteiger partial charge is 0.345 e. The van der Waals surface area contributed by atoms with Crippen LogP contribution in [0, 0.1) is 0 Å². The van der Waals surface area contributed by atoms with Crippen LogP contribution in [0.2, 0.25) is 10.0 Å². The van der Waals surface area contributed by atoms with Gasteiger partial charge >= 0.3 is 5.97 Å². The highest BCUT2D eigenvalue weighted by Gasteiger charge is 2.20. The number of carbonyl (C=O) groups excluding carboxylic acids is 2. The van der Waals surface area contributed by atoms with Crippen LogP contribution < -0.4 is 10.2 Å². The molecule has 0 aliphatic rings. The monoisotopic (exact) mass is 577 g/mol. The lowest BCUT2D eigenvalue weighted by Crippen LogP contribution is -2.19. The number of amides is 1. The van der Waals surface area contributed by atoms with E-state index >= 15 is 0 Å². The SMILES string of the molecule is O=C(Oc1ccccc1C=NNC(=O)c1[nH]c2c(ccc3ccccc32)c1-c1ccccc1)c1ccc(Cl)cc1Cl. The number of benzene rings is 5. The molecule has 1 amide bonds. The van der Waals surface area contributed by atoms with Crippen LogP contribution in [0.3, 0.4) is 0 Å². The van der Waals surface area contributed by atoms with Gasteiger partial charge in [0, 0.05) is 26.9 Å². The molecule has 41 heavy (non-hydrogen) atoms. The minimum absolute atomic E-state index is 0.177. The van der Waals surface area contributed by atoms with Gasteiger partial charge in [0.05, 0.1) is 22.3 Å². The number of halogens is 2. The number of H-pyrrole nitrogens is 1. The van der Waals surface area contributed by atoms with Crippen LogP contribution in [0.1, 0.15) is 26.4 Å². The summed E-state index contributed by atoms with van der Waals surface area (Å²) >= 11 is 12.1. The summed E-state index contributed by atoms with van der Waals surface area (Å²) in [4.78, 5) is 29.6. The van der Waals surface area contributed by atoms with Gasteiger partial charge in [0.15, 0.2) is 0 Å². The number of aromatic amines is 1. The number of rotatable bonds is 6. The predicted molar refractivity (Wildman–Crippen MR) is 164 cm³/mol. The first kappa shape index (κ1) is 26.3. The summed E-state index contributed by atoms with van der Waals surface area (Å²) in [6.45, 7) is 0. The minimum Gasteiger partial charge on any atom is -0.422 e. The van der Waals surface area contributed by atoms with Crippen LogP contribution in [-0.2, 0) is 0 Å². The predicted octanol–water partition coefficient (Wildman–Crippen LogP) is 8.28. The van der Waals surface area contributed by atoms with Gasteiger partial charge in [-0.15, -0.1) is 0 Å². The molecule has 0 atom stereocenters. The lowest BCUT2D eigenvalue weighted by Gasteiger charge is -2.08. The standard InChI is InChI=1S/C33H21Cl2N3O3/c34-23-15-17-25(27(35)18-23)33(40)41-28-13-7-5-11-22(28)19-36-38-32(39)31-29(21-9-2-1-3-10-21)26-16-14-20-8-4-6-12-24(20)30(26)37-31/h1-19,37H,(H,38,39). The van der Waals surface area contributed by atoms with E-state index in [9.17, 15) is 9.59 Å². The van der Waals surface area contributed by atoms with E-state index in [1.807, 2.05) is 66.7 Å². The Labute approximate surface area is 245 Å². The molecule has 0 bridgehead atoms. The second kappa shape index (κ2) is 11.3. The highest BCUT2D eigenvalue weighted by molar-refractivity contribution is 6.36. The first-order valence-corrected chi connectivity index (χ1v) is 13.4. The molecule has 0 unspecified atom stereocenters. The van der Waals surface area contributed by atoms with Crippen molar-refractivity contribution in [2.24, 2.45) is 5.10 Å². The fraction of sp³-hybridized carbons (Fsp3) is 0. The summed E-state index contributed by atoms with van der Waals surface area (Å²) in [5.41, 5.74) is 6.22. The summed E-state index contributed by atoms with van der Waals surface area (Å²) in [5.74, 6) is -0.805. The van der Waals surface area contributed by atoms with Crippen LogP contribution >= 0.6 is 23.2 Å². The Hall–Kier alpha value is -4.91. The quantitative estimate of drug-likeness (QED) is 0.0903. The molecule has 0 saturated carbocycles. The van der Waals surface area contributed by atoms with Crippen molar-refractivity contribution >= 4 is 63.0 Å². The second-order valence-electron chi connectivity index (χ2n) is 9.20. The number of hydrogen-bond donors (Lipinski definition) is 2. The Kier molecular flexibility index (Phi) is 7.25.